The maximum Gasteiger partial charge on any atom is 0.356 e. The van der Waals surface area contributed by atoms with Crippen molar-refractivity contribution in [2.75, 3.05) is 12.4 Å². The van der Waals surface area contributed by atoms with E-state index in [1.807, 2.05) is 12.1 Å². The van der Waals surface area contributed by atoms with Gasteiger partial charge in [0.1, 0.15) is 11.5 Å². The lowest BCUT2D eigenvalue weighted by Gasteiger charge is -2.26. The number of carbonyl (C=O) groups excluding carboxylic acids is 1. The molecule has 8 heteroatoms. The molecule has 27 heavy (non-hydrogen) atoms. The Hall–Kier alpha value is -3.00. The molecule has 0 bridgehead atoms. The smallest absolute Gasteiger partial charge is 0.356 e. The minimum Gasteiger partial charge on any atom is -0.464 e. The zero-order valence-electron chi connectivity index (χ0n) is 15.0. The highest BCUT2D eigenvalue weighted by atomic mass is 16.5. The average Bonchev–Trinajstić information content (AvgIpc) is 3.12. The lowest BCUT2D eigenvalue weighted by atomic mass is 9.93. The largest absolute Gasteiger partial charge is 0.464 e. The number of esters is 1. The van der Waals surface area contributed by atoms with Crippen LogP contribution in [-0.2, 0) is 4.74 Å². The third kappa shape index (κ3) is 3.61. The molecule has 0 saturated heterocycles. The van der Waals surface area contributed by atoms with Gasteiger partial charge in [-0.3, -0.25) is 0 Å². The lowest BCUT2D eigenvalue weighted by Crippen LogP contribution is -2.28. The van der Waals surface area contributed by atoms with Crippen LogP contribution < -0.4 is 5.32 Å². The van der Waals surface area contributed by atoms with E-state index in [0.717, 1.165) is 42.8 Å². The molecule has 1 aliphatic carbocycles. The van der Waals surface area contributed by atoms with Crippen molar-refractivity contribution in [1.29, 1.82) is 0 Å². The molecule has 3 aromatic rings. The molecular formula is C19H21N5O3. The number of nitrogens with one attached hydrogen (secondary N) is 1. The highest BCUT2D eigenvalue weighted by Gasteiger charge is 2.20. The number of carbonyl (C=O) groups is 1. The fourth-order valence-corrected chi connectivity index (χ4v) is 3.38. The topological polar surface area (TPSA) is 102 Å². The van der Waals surface area contributed by atoms with E-state index >= 15 is 0 Å². The first kappa shape index (κ1) is 17.4. The normalized spacial score (nSPS) is 19.8. The number of pyridine rings is 1. The molecule has 2 N–H and O–H groups in total. The number of aromatic nitrogens is 4. The van der Waals surface area contributed by atoms with Crippen molar-refractivity contribution >= 4 is 17.4 Å². The van der Waals surface area contributed by atoms with E-state index in [9.17, 15) is 9.90 Å². The second-order valence-electron chi connectivity index (χ2n) is 6.70. The standard InChI is InChI=1S/C19H21N5O3/c1-27-19(26)15-10-12(8-9-20-15)16-11-21-18-7-6-17(23-24(16)18)22-13-2-4-14(25)5-3-13/h6-11,13-14,25H,2-5H2,1H3,(H,22,23). The second kappa shape index (κ2) is 7.32. The van der Waals surface area contributed by atoms with Crippen molar-refractivity contribution in [2.45, 2.75) is 37.8 Å². The molecule has 1 saturated carbocycles. The van der Waals surface area contributed by atoms with Crippen molar-refractivity contribution in [3.63, 3.8) is 0 Å². The van der Waals surface area contributed by atoms with Crippen LogP contribution in [0, 0.1) is 0 Å². The molecule has 3 heterocycles. The quantitative estimate of drug-likeness (QED) is 0.682. The highest BCUT2D eigenvalue weighted by molar-refractivity contribution is 5.88. The zero-order chi connectivity index (χ0) is 18.8. The van der Waals surface area contributed by atoms with Crippen LogP contribution >= 0.6 is 0 Å². The molecule has 0 aromatic carbocycles. The molecule has 0 unspecified atom stereocenters. The molecule has 4 rings (SSSR count). The first-order valence-electron chi connectivity index (χ1n) is 8.98. The Bertz CT molecular complexity index is 963. The number of nitrogens with zero attached hydrogens (tertiary/aromatic N) is 4. The number of methoxy groups -OCH3 is 1. The minimum absolute atomic E-state index is 0.186. The predicted octanol–water partition coefficient (Wildman–Crippen LogP) is 2.29. The summed E-state index contributed by atoms with van der Waals surface area (Å²) < 4.78 is 6.49. The summed E-state index contributed by atoms with van der Waals surface area (Å²) in [6, 6.07) is 7.58. The third-order valence-electron chi connectivity index (χ3n) is 4.86. The van der Waals surface area contributed by atoms with Crippen LogP contribution in [0.5, 0.6) is 0 Å². The molecule has 140 valence electrons. The number of hydrogen-bond donors (Lipinski definition) is 2. The highest BCUT2D eigenvalue weighted by Crippen LogP contribution is 2.24. The summed E-state index contributed by atoms with van der Waals surface area (Å²) >= 11 is 0. The number of fused-ring (bicyclic) bond motifs is 1. The fraction of sp³-hybridized carbons (Fsp3) is 0.368. The van der Waals surface area contributed by atoms with E-state index < -0.39 is 5.97 Å². The van der Waals surface area contributed by atoms with Crippen molar-refractivity contribution in [3.8, 4) is 11.3 Å². The van der Waals surface area contributed by atoms with Gasteiger partial charge in [0.05, 0.1) is 25.1 Å². The van der Waals surface area contributed by atoms with Crippen molar-refractivity contribution < 1.29 is 14.6 Å². The Morgan fingerprint density at radius 3 is 2.81 bits per heavy atom. The molecular weight excluding hydrogens is 346 g/mol. The average molecular weight is 367 g/mol. The molecule has 0 atom stereocenters. The van der Waals surface area contributed by atoms with Gasteiger partial charge < -0.3 is 15.2 Å². The van der Waals surface area contributed by atoms with Gasteiger partial charge in [-0.2, -0.15) is 0 Å². The van der Waals surface area contributed by atoms with Gasteiger partial charge in [0.2, 0.25) is 0 Å². The second-order valence-corrected chi connectivity index (χ2v) is 6.70. The molecule has 8 nitrogen and oxygen atoms in total. The Morgan fingerprint density at radius 2 is 2.04 bits per heavy atom. The first-order valence-corrected chi connectivity index (χ1v) is 8.98. The Labute approximate surface area is 156 Å². The molecule has 0 spiro atoms. The van der Waals surface area contributed by atoms with Crippen LogP contribution in [-0.4, -0.2) is 49.9 Å². The van der Waals surface area contributed by atoms with E-state index in [1.54, 1.807) is 29.0 Å². The summed E-state index contributed by atoms with van der Waals surface area (Å²) in [5, 5.41) is 17.8. The third-order valence-corrected chi connectivity index (χ3v) is 4.86. The summed E-state index contributed by atoms with van der Waals surface area (Å²) in [5.74, 6) is 0.269. The Morgan fingerprint density at radius 1 is 1.22 bits per heavy atom. The van der Waals surface area contributed by atoms with Gasteiger partial charge in [-0.15, -0.1) is 5.10 Å². The number of imidazole rings is 1. The lowest BCUT2D eigenvalue weighted by molar-refractivity contribution is 0.0594. The summed E-state index contributed by atoms with van der Waals surface area (Å²) in [5.41, 5.74) is 2.50. The van der Waals surface area contributed by atoms with Gasteiger partial charge in [0.25, 0.3) is 0 Å². The number of hydrogen-bond acceptors (Lipinski definition) is 7. The summed E-state index contributed by atoms with van der Waals surface area (Å²) in [4.78, 5) is 20.2. The van der Waals surface area contributed by atoms with Gasteiger partial charge in [0.15, 0.2) is 5.65 Å². The SMILES string of the molecule is COC(=O)c1cc(-c2cnc3ccc(NC4CCC(O)CC4)nn23)ccn1. The zero-order valence-corrected chi connectivity index (χ0v) is 15.0. The van der Waals surface area contributed by atoms with Crippen LogP contribution in [0.1, 0.15) is 36.2 Å². The van der Waals surface area contributed by atoms with E-state index in [-0.39, 0.29) is 11.8 Å². The maximum atomic E-state index is 11.7. The molecule has 0 radical (unpaired) electrons. The molecule has 1 fully saturated rings. The minimum atomic E-state index is -0.486. The first-order chi connectivity index (χ1) is 13.1. The van der Waals surface area contributed by atoms with Crippen LogP contribution in [0.3, 0.4) is 0 Å². The van der Waals surface area contributed by atoms with E-state index in [2.05, 4.69) is 20.4 Å². The molecule has 0 aliphatic heterocycles. The van der Waals surface area contributed by atoms with Gasteiger partial charge in [0, 0.05) is 17.8 Å². The molecule has 1 aliphatic rings. The Balaban J connectivity index is 1.63. The number of anilines is 1. The van der Waals surface area contributed by atoms with E-state index in [0.29, 0.717) is 11.7 Å². The van der Waals surface area contributed by atoms with Crippen molar-refractivity contribution in [3.05, 3.63) is 42.4 Å². The van der Waals surface area contributed by atoms with Crippen LogP contribution in [0.2, 0.25) is 0 Å². The number of aliphatic hydroxyl groups is 1. The van der Waals surface area contributed by atoms with Crippen LogP contribution in [0.4, 0.5) is 5.82 Å². The van der Waals surface area contributed by atoms with Gasteiger partial charge in [-0.25, -0.2) is 19.3 Å². The monoisotopic (exact) mass is 367 g/mol. The van der Waals surface area contributed by atoms with Crippen molar-refractivity contribution in [2.24, 2.45) is 0 Å². The van der Waals surface area contributed by atoms with Gasteiger partial charge >= 0.3 is 5.97 Å². The van der Waals surface area contributed by atoms with E-state index in [1.165, 1.54) is 7.11 Å². The predicted molar refractivity (Wildman–Crippen MR) is 99.4 cm³/mol. The van der Waals surface area contributed by atoms with Crippen LogP contribution in [0.25, 0.3) is 16.9 Å². The summed E-state index contributed by atoms with van der Waals surface area (Å²) in [6.45, 7) is 0. The Kier molecular flexibility index (Phi) is 4.72. The van der Waals surface area contributed by atoms with Gasteiger partial charge in [-0.05, 0) is 49.9 Å². The number of aliphatic hydroxyl groups excluding tert-OH is 1. The van der Waals surface area contributed by atoms with E-state index in [4.69, 9.17) is 4.74 Å². The molecule has 0 amide bonds. The summed E-state index contributed by atoms with van der Waals surface area (Å²) in [7, 11) is 1.33. The maximum absolute atomic E-state index is 11.7. The molecule has 3 aromatic heterocycles. The number of rotatable bonds is 4. The van der Waals surface area contributed by atoms with Crippen molar-refractivity contribution in [1.82, 2.24) is 19.6 Å². The van der Waals surface area contributed by atoms with Crippen LogP contribution in [0.15, 0.2) is 36.7 Å². The fourth-order valence-electron chi connectivity index (χ4n) is 3.38. The summed E-state index contributed by atoms with van der Waals surface area (Å²) in [6.07, 6.45) is 6.56. The number of ether oxygens (including phenoxy) is 1. The van der Waals surface area contributed by atoms with Gasteiger partial charge in [-0.1, -0.05) is 0 Å².